The lowest BCUT2D eigenvalue weighted by Gasteiger charge is -2.23. The van der Waals surface area contributed by atoms with Gasteiger partial charge in [-0.2, -0.15) is 5.01 Å². The van der Waals surface area contributed by atoms with Crippen molar-refractivity contribution in [3.63, 3.8) is 0 Å². The molecular formula is C20H22N4O4S. The fraction of sp³-hybridized carbons (Fsp3) is 0.250. The number of hydrogen-bond acceptors (Lipinski definition) is 5. The number of anilines is 1. The molecular weight excluding hydrogens is 392 g/mol. The number of methoxy groups -OCH3 is 1. The zero-order chi connectivity index (χ0) is 21.0. The Morgan fingerprint density at radius 1 is 1.17 bits per heavy atom. The molecule has 1 fully saturated rings. The number of amides is 3. The van der Waals surface area contributed by atoms with Gasteiger partial charge in [0, 0.05) is 5.69 Å². The van der Waals surface area contributed by atoms with Crippen molar-refractivity contribution in [2.45, 2.75) is 19.4 Å². The average Bonchev–Trinajstić information content (AvgIpc) is 2.94. The van der Waals surface area contributed by atoms with E-state index in [2.05, 4.69) is 16.1 Å². The van der Waals surface area contributed by atoms with Crippen LogP contribution in [0.25, 0.3) is 0 Å². The molecule has 1 heterocycles. The number of rotatable bonds is 6. The summed E-state index contributed by atoms with van der Waals surface area (Å²) in [7, 11) is 1.54. The van der Waals surface area contributed by atoms with Crippen LogP contribution in [0.3, 0.4) is 0 Å². The highest BCUT2D eigenvalue weighted by atomic mass is 32.1. The number of carbonyl (C=O) groups excluding carboxylic acids is 2. The van der Waals surface area contributed by atoms with Gasteiger partial charge in [0.05, 0.1) is 13.7 Å². The first-order chi connectivity index (χ1) is 13.9. The number of urea groups is 1. The summed E-state index contributed by atoms with van der Waals surface area (Å²) < 4.78 is 10.6. The Balaban J connectivity index is 1.70. The van der Waals surface area contributed by atoms with Gasteiger partial charge in [-0.25, -0.2) is 4.79 Å². The molecule has 9 heteroatoms. The fourth-order valence-electron chi connectivity index (χ4n) is 2.93. The molecule has 0 aromatic heterocycles. The number of nitrogens with one attached hydrogen (secondary N) is 3. The molecule has 0 radical (unpaired) electrons. The third-order valence-electron chi connectivity index (χ3n) is 4.47. The molecule has 2 aromatic rings. The van der Waals surface area contributed by atoms with Crippen molar-refractivity contribution in [1.29, 1.82) is 0 Å². The number of imide groups is 1. The summed E-state index contributed by atoms with van der Waals surface area (Å²) in [5.74, 6) is 0.844. The molecule has 0 unspecified atom stereocenters. The van der Waals surface area contributed by atoms with Crippen LogP contribution < -0.4 is 25.5 Å². The van der Waals surface area contributed by atoms with E-state index in [0.29, 0.717) is 23.6 Å². The van der Waals surface area contributed by atoms with Gasteiger partial charge in [-0.1, -0.05) is 12.1 Å². The summed E-state index contributed by atoms with van der Waals surface area (Å²) in [5, 5.41) is 6.61. The Hall–Kier alpha value is -3.33. The van der Waals surface area contributed by atoms with Crippen LogP contribution in [0.2, 0.25) is 0 Å². The number of ether oxygens (including phenoxy) is 2. The van der Waals surface area contributed by atoms with Gasteiger partial charge in [0.2, 0.25) is 0 Å². The van der Waals surface area contributed by atoms with Gasteiger partial charge in [0.1, 0.15) is 17.0 Å². The van der Waals surface area contributed by atoms with E-state index in [1.807, 2.05) is 6.92 Å². The predicted molar refractivity (Wildman–Crippen MR) is 113 cm³/mol. The lowest BCUT2D eigenvalue weighted by Crippen LogP contribution is -2.49. The summed E-state index contributed by atoms with van der Waals surface area (Å²) in [6, 6.07) is 13.5. The van der Waals surface area contributed by atoms with E-state index in [1.54, 1.807) is 55.5 Å². The van der Waals surface area contributed by atoms with E-state index in [0.717, 1.165) is 10.8 Å². The molecule has 152 valence electrons. The second kappa shape index (κ2) is 8.36. The van der Waals surface area contributed by atoms with Gasteiger partial charge in [0.15, 0.2) is 5.11 Å². The SMILES string of the molecule is CCOc1ccc(NC(=S)NN2C(=O)N[C@@](C)(c3cccc(OC)c3)C2=O)cc1. The van der Waals surface area contributed by atoms with Crippen molar-refractivity contribution in [2.24, 2.45) is 0 Å². The van der Waals surface area contributed by atoms with Crippen LogP contribution in [0, 0.1) is 0 Å². The number of benzene rings is 2. The smallest absolute Gasteiger partial charge is 0.344 e. The molecule has 1 aliphatic heterocycles. The van der Waals surface area contributed by atoms with Crippen LogP contribution in [-0.4, -0.2) is 35.8 Å². The molecule has 0 spiro atoms. The van der Waals surface area contributed by atoms with E-state index in [4.69, 9.17) is 21.7 Å². The summed E-state index contributed by atoms with van der Waals surface area (Å²) in [6.07, 6.45) is 0. The first-order valence-corrected chi connectivity index (χ1v) is 9.40. The minimum absolute atomic E-state index is 0.104. The van der Waals surface area contributed by atoms with E-state index >= 15 is 0 Å². The van der Waals surface area contributed by atoms with Crippen LogP contribution >= 0.6 is 12.2 Å². The lowest BCUT2D eigenvalue weighted by molar-refractivity contribution is -0.132. The molecule has 0 bridgehead atoms. The third kappa shape index (κ3) is 4.24. The molecule has 3 N–H and O–H groups in total. The first kappa shape index (κ1) is 20.4. The molecule has 3 amide bonds. The normalized spacial score (nSPS) is 18.2. The van der Waals surface area contributed by atoms with Crippen LogP contribution in [0.15, 0.2) is 48.5 Å². The van der Waals surface area contributed by atoms with E-state index < -0.39 is 17.5 Å². The van der Waals surface area contributed by atoms with Crippen LogP contribution in [0.4, 0.5) is 10.5 Å². The first-order valence-electron chi connectivity index (χ1n) is 8.99. The standard InChI is InChI=1S/C20H22N4O4S/c1-4-28-15-10-8-14(9-11-15)21-18(29)23-24-17(25)20(2,22-19(24)26)13-6-5-7-16(12-13)27-3/h5-12H,4H2,1-3H3,(H,22,26)(H2,21,23,29)/t20-/m0/s1. The maximum Gasteiger partial charge on any atom is 0.344 e. The zero-order valence-electron chi connectivity index (χ0n) is 16.3. The van der Waals surface area contributed by atoms with E-state index in [9.17, 15) is 9.59 Å². The van der Waals surface area contributed by atoms with Gasteiger partial charge >= 0.3 is 6.03 Å². The summed E-state index contributed by atoms with van der Waals surface area (Å²) in [6.45, 7) is 4.11. The minimum atomic E-state index is -1.24. The quantitative estimate of drug-likeness (QED) is 0.494. The van der Waals surface area contributed by atoms with Crippen molar-refractivity contribution in [2.75, 3.05) is 19.0 Å². The van der Waals surface area contributed by atoms with Gasteiger partial charge in [-0.3, -0.25) is 10.2 Å². The van der Waals surface area contributed by atoms with Crippen molar-refractivity contribution >= 4 is 35.0 Å². The van der Waals surface area contributed by atoms with E-state index in [-0.39, 0.29) is 5.11 Å². The zero-order valence-corrected chi connectivity index (χ0v) is 17.1. The number of thiocarbonyl (C=S) groups is 1. The topological polar surface area (TPSA) is 91.9 Å². The monoisotopic (exact) mass is 414 g/mol. The molecule has 0 aliphatic carbocycles. The number of hydrogen-bond donors (Lipinski definition) is 3. The molecule has 1 atom stereocenters. The Kier molecular flexibility index (Phi) is 5.88. The minimum Gasteiger partial charge on any atom is -0.497 e. The van der Waals surface area contributed by atoms with Gasteiger partial charge < -0.3 is 20.1 Å². The van der Waals surface area contributed by atoms with Gasteiger partial charge in [0.25, 0.3) is 5.91 Å². The average molecular weight is 414 g/mol. The Morgan fingerprint density at radius 2 is 1.90 bits per heavy atom. The maximum absolute atomic E-state index is 13.0. The van der Waals surface area contributed by atoms with Crippen molar-refractivity contribution in [1.82, 2.24) is 15.8 Å². The molecule has 0 saturated carbocycles. The van der Waals surface area contributed by atoms with Gasteiger partial charge in [-0.05, 0) is 68.0 Å². The van der Waals surface area contributed by atoms with Crippen molar-refractivity contribution in [3.05, 3.63) is 54.1 Å². The number of hydrazine groups is 1. The summed E-state index contributed by atoms with van der Waals surface area (Å²) in [5.41, 5.74) is 2.70. The van der Waals surface area contributed by atoms with Gasteiger partial charge in [-0.15, -0.1) is 0 Å². The third-order valence-corrected chi connectivity index (χ3v) is 4.67. The molecule has 1 saturated heterocycles. The van der Waals surface area contributed by atoms with Crippen molar-refractivity contribution < 1.29 is 19.1 Å². The second-order valence-electron chi connectivity index (χ2n) is 6.45. The second-order valence-corrected chi connectivity index (χ2v) is 6.86. The largest absolute Gasteiger partial charge is 0.497 e. The number of carbonyl (C=O) groups is 2. The molecule has 8 nitrogen and oxygen atoms in total. The fourth-order valence-corrected chi connectivity index (χ4v) is 3.14. The van der Waals surface area contributed by atoms with Crippen LogP contribution in [0.1, 0.15) is 19.4 Å². The maximum atomic E-state index is 13.0. The Morgan fingerprint density at radius 3 is 2.55 bits per heavy atom. The van der Waals surface area contributed by atoms with E-state index in [1.165, 1.54) is 7.11 Å². The highest BCUT2D eigenvalue weighted by molar-refractivity contribution is 7.80. The highest BCUT2D eigenvalue weighted by Crippen LogP contribution is 2.30. The molecule has 2 aromatic carbocycles. The highest BCUT2D eigenvalue weighted by Gasteiger charge is 2.50. The lowest BCUT2D eigenvalue weighted by atomic mass is 9.92. The molecule has 3 rings (SSSR count). The molecule has 29 heavy (non-hydrogen) atoms. The van der Waals surface area contributed by atoms with Crippen LogP contribution in [-0.2, 0) is 10.3 Å². The number of nitrogens with zero attached hydrogens (tertiary/aromatic N) is 1. The van der Waals surface area contributed by atoms with Crippen molar-refractivity contribution in [3.8, 4) is 11.5 Å². The molecule has 1 aliphatic rings. The summed E-state index contributed by atoms with van der Waals surface area (Å²) in [4.78, 5) is 25.4. The van der Waals surface area contributed by atoms with Crippen LogP contribution in [0.5, 0.6) is 11.5 Å². The Labute approximate surface area is 174 Å². The predicted octanol–water partition coefficient (Wildman–Crippen LogP) is 2.76. The Bertz CT molecular complexity index is 934. The summed E-state index contributed by atoms with van der Waals surface area (Å²) >= 11 is 5.25.